The predicted molar refractivity (Wildman–Crippen MR) is 113 cm³/mol. The van der Waals surface area contributed by atoms with Crippen molar-refractivity contribution < 1.29 is 9.63 Å². The summed E-state index contributed by atoms with van der Waals surface area (Å²) in [5, 5.41) is 10.9. The number of urea groups is 1. The van der Waals surface area contributed by atoms with Gasteiger partial charge in [-0.2, -0.15) is 0 Å². The number of hydrogen-bond acceptors (Lipinski definition) is 4. The van der Waals surface area contributed by atoms with E-state index in [0.29, 0.717) is 5.69 Å². The molecule has 6 nitrogen and oxygen atoms in total. The topological polar surface area (TPSA) is 75.6 Å². The predicted octanol–water partition coefficient (Wildman–Crippen LogP) is 4.66. The highest BCUT2D eigenvalue weighted by atomic mass is 16.6. The lowest BCUT2D eigenvalue weighted by molar-refractivity contribution is 0.213. The van der Waals surface area contributed by atoms with Gasteiger partial charge in [0.25, 0.3) is 0 Å². The van der Waals surface area contributed by atoms with E-state index in [9.17, 15) is 4.79 Å². The Hall–Kier alpha value is -3.41. The Bertz CT molecular complexity index is 1030. The number of rotatable bonds is 5. The first-order valence-corrected chi connectivity index (χ1v) is 9.02. The van der Waals surface area contributed by atoms with Gasteiger partial charge in [-0.05, 0) is 56.2 Å². The first kappa shape index (κ1) is 19.4. The molecule has 0 radical (unpaired) electrons. The molecule has 0 unspecified atom stereocenters. The van der Waals surface area contributed by atoms with Gasteiger partial charge in [0, 0.05) is 17.3 Å². The molecule has 2 N–H and O–H groups in total. The zero-order chi connectivity index (χ0) is 20.1. The van der Waals surface area contributed by atoms with Crippen LogP contribution in [-0.2, 0) is 10.4 Å². The Labute approximate surface area is 164 Å². The fourth-order valence-electron chi connectivity index (χ4n) is 2.99. The fraction of sp³-hybridized carbons (Fsp3) is 0.227. The minimum absolute atomic E-state index is 0.284. The molecule has 0 spiro atoms. The molecule has 3 rings (SSSR count). The quantitative estimate of drug-likeness (QED) is 0.502. The van der Waals surface area contributed by atoms with Gasteiger partial charge in [0.05, 0.1) is 16.8 Å². The Morgan fingerprint density at radius 2 is 1.93 bits per heavy atom. The third-order valence-electron chi connectivity index (χ3n) is 4.52. The number of carbonyl (C=O) groups excluding carboxylic acids is 1. The van der Waals surface area contributed by atoms with Gasteiger partial charge in [-0.25, -0.2) is 4.79 Å². The molecule has 0 fully saturated rings. The molecule has 1 aromatic heterocycles. The van der Waals surface area contributed by atoms with Crippen LogP contribution in [0, 0.1) is 0 Å². The van der Waals surface area contributed by atoms with Crippen molar-refractivity contribution in [1.82, 2.24) is 10.3 Å². The molecule has 3 aromatic rings. The molecule has 0 atom stereocenters. The lowest BCUT2D eigenvalue weighted by Gasteiger charge is -2.27. The molecule has 0 saturated heterocycles. The van der Waals surface area contributed by atoms with Crippen molar-refractivity contribution in [2.45, 2.75) is 26.3 Å². The summed E-state index contributed by atoms with van der Waals surface area (Å²) in [6.07, 6.45) is 1.73. The number of oxime groups is 1. The first-order chi connectivity index (χ1) is 13.4. The summed E-state index contributed by atoms with van der Waals surface area (Å²) in [4.78, 5) is 21.7. The Balaban J connectivity index is 1.74. The number of fused-ring (bicyclic) bond motifs is 1. The van der Waals surface area contributed by atoms with E-state index in [4.69, 9.17) is 4.84 Å². The minimum Gasteiger partial charge on any atom is -0.399 e. The molecule has 0 aliphatic rings. The summed E-state index contributed by atoms with van der Waals surface area (Å²) < 4.78 is 0. The Morgan fingerprint density at radius 3 is 2.71 bits per heavy atom. The number of carbonyl (C=O) groups is 1. The molecular weight excluding hydrogens is 352 g/mol. The Morgan fingerprint density at radius 1 is 1.11 bits per heavy atom. The highest BCUT2D eigenvalue weighted by molar-refractivity contribution is 5.98. The van der Waals surface area contributed by atoms with Crippen molar-refractivity contribution in [3.8, 4) is 0 Å². The van der Waals surface area contributed by atoms with E-state index in [-0.39, 0.29) is 6.03 Å². The molecule has 0 aliphatic heterocycles. The molecule has 28 heavy (non-hydrogen) atoms. The average Bonchev–Trinajstić information content (AvgIpc) is 2.67. The number of pyridine rings is 1. The fourth-order valence-corrected chi connectivity index (χ4v) is 2.99. The summed E-state index contributed by atoms with van der Waals surface area (Å²) >= 11 is 0. The van der Waals surface area contributed by atoms with E-state index in [1.54, 1.807) is 6.20 Å². The molecule has 0 bridgehead atoms. The second kappa shape index (κ2) is 8.08. The maximum atomic E-state index is 12.6. The van der Waals surface area contributed by atoms with Crippen LogP contribution in [0.5, 0.6) is 0 Å². The molecule has 6 heteroatoms. The number of anilines is 1. The van der Waals surface area contributed by atoms with Crippen molar-refractivity contribution in [3.63, 3.8) is 0 Å². The van der Waals surface area contributed by atoms with Crippen molar-refractivity contribution >= 4 is 28.3 Å². The molecule has 0 saturated carbocycles. The molecule has 1 heterocycles. The summed E-state index contributed by atoms with van der Waals surface area (Å²) in [5.41, 5.74) is 3.62. The van der Waals surface area contributed by atoms with E-state index >= 15 is 0 Å². The number of aromatic nitrogens is 1. The second-order valence-corrected chi connectivity index (χ2v) is 7.06. The lowest BCUT2D eigenvalue weighted by atomic mass is 9.92. The van der Waals surface area contributed by atoms with Crippen molar-refractivity contribution in [1.29, 1.82) is 0 Å². The van der Waals surface area contributed by atoms with Crippen LogP contribution in [0.2, 0.25) is 0 Å². The van der Waals surface area contributed by atoms with Crippen LogP contribution in [0.1, 0.15) is 31.9 Å². The first-order valence-electron chi connectivity index (χ1n) is 9.02. The molecule has 2 aromatic carbocycles. The van der Waals surface area contributed by atoms with E-state index in [1.807, 2.05) is 75.4 Å². The highest BCUT2D eigenvalue weighted by Gasteiger charge is 2.23. The van der Waals surface area contributed by atoms with Gasteiger partial charge in [-0.15, -0.1) is 0 Å². The minimum atomic E-state index is -0.581. The summed E-state index contributed by atoms with van der Waals surface area (Å²) in [5.74, 6) is 0. The smallest absolute Gasteiger partial charge is 0.319 e. The third-order valence-corrected chi connectivity index (χ3v) is 4.52. The van der Waals surface area contributed by atoms with Crippen LogP contribution in [0.4, 0.5) is 10.5 Å². The van der Waals surface area contributed by atoms with Gasteiger partial charge in [0.2, 0.25) is 0 Å². The maximum Gasteiger partial charge on any atom is 0.319 e. The van der Waals surface area contributed by atoms with Crippen molar-refractivity contribution in [2.24, 2.45) is 5.16 Å². The second-order valence-electron chi connectivity index (χ2n) is 7.06. The monoisotopic (exact) mass is 376 g/mol. The van der Waals surface area contributed by atoms with Gasteiger partial charge >= 0.3 is 6.03 Å². The zero-order valence-electron chi connectivity index (χ0n) is 16.5. The molecule has 0 aliphatic carbocycles. The largest absolute Gasteiger partial charge is 0.399 e. The van der Waals surface area contributed by atoms with Crippen LogP contribution < -0.4 is 10.6 Å². The van der Waals surface area contributed by atoms with Crippen LogP contribution in [0.15, 0.2) is 65.9 Å². The zero-order valence-corrected chi connectivity index (χ0v) is 16.5. The number of nitrogens with one attached hydrogen (secondary N) is 2. The Kier molecular flexibility index (Phi) is 5.59. The number of hydrogen-bond donors (Lipinski definition) is 2. The van der Waals surface area contributed by atoms with E-state index < -0.39 is 5.54 Å². The van der Waals surface area contributed by atoms with Crippen LogP contribution in [-0.4, -0.2) is 23.8 Å². The normalized spacial score (nSPS) is 11.9. The van der Waals surface area contributed by atoms with E-state index in [2.05, 4.69) is 20.8 Å². The SMILES string of the molecule is CON=C(C)c1cccc(C(C)(C)NC(=O)Nc2ccc3cccnc3c2)c1. The third kappa shape index (κ3) is 4.46. The van der Waals surface area contributed by atoms with Gasteiger partial charge in [-0.1, -0.05) is 35.5 Å². The summed E-state index contributed by atoms with van der Waals surface area (Å²) in [6, 6.07) is 17.1. The number of amides is 2. The maximum absolute atomic E-state index is 12.6. The molecule has 144 valence electrons. The van der Waals surface area contributed by atoms with E-state index in [0.717, 1.165) is 27.7 Å². The lowest BCUT2D eigenvalue weighted by Crippen LogP contribution is -2.43. The van der Waals surface area contributed by atoms with Crippen molar-refractivity contribution in [2.75, 3.05) is 12.4 Å². The molecular formula is C22H24N4O2. The van der Waals surface area contributed by atoms with Crippen LogP contribution in [0.3, 0.4) is 0 Å². The van der Waals surface area contributed by atoms with Gasteiger partial charge in [0.1, 0.15) is 7.11 Å². The van der Waals surface area contributed by atoms with Crippen LogP contribution in [0.25, 0.3) is 10.9 Å². The molecule has 2 amide bonds. The number of benzene rings is 2. The van der Waals surface area contributed by atoms with Crippen LogP contribution >= 0.6 is 0 Å². The van der Waals surface area contributed by atoms with Gasteiger partial charge in [-0.3, -0.25) is 4.98 Å². The average molecular weight is 376 g/mol. The standard InChI is InChI=1S/C22H24N4O2/c1-15(26-28-4)17-7-5-9-18(13-17)22(2,3)25-21(27)24-19-11-10-16-8-6-12-23-20(16)14-19/h5-14H,1-4H3,(H2,24,25,27). The van der Waals surface area contributed by atoms with Gasteiger partial charge < -0.3 is 15.5 Å². The summed E-state index contributed by atoms with van der Waals surface area (Å²) in [6.45, 7) is 5.79. The van der Waals surface area contributed by atoms with E-state index in [1.165, 1.54) is 7.11 Å². The number of nitrogens with zero attached hydrogens (tertiary/aromatic N) is 2. The highest BCUT2D eigenvalue weighted by Crippen LogP contribution is 2.22. The van der Waals surface area contributed by atoms with Crippen molar-refractivity contribution in [3.05, 3.63) is 71.9 Å². The van der Waals surface area contributed by atoms with Gasteiger partial charge in [0.15, 0.2) is 0 Å². The summed E-state index contributed by atoms with van der Waals surface area (Å²) in [7, 11) is 1.52.